The second-order valence-electron chi connectivity index (χ2n) is 7.98. The minimum Gasteiger partial charge on any atom is -0.350 e. The zero-order valence-electron chi connectivity index (χ0n) is 18.0. The third kappa shape index (κ3) is 4.18. The molecule has 6 nitrogen and oxygen atoms in total. The fraction of sp³-hybridized carbons (Fsp3) is 0.115. The Hall–Kier alpha value is -3.97. The number of hydrogen-bond donors (Lipinski definition) is 1. The molecule has 0 radical (unpaired) electrons. The fourth-order valence-corrected chi connectivity index (χ4v) is 4.25. The summed E-state index contributed by atoms with van der Waals surface area (Å²) in [5, 5.41) is 3.90. The summed E-state index contributed by atoms with van der Waals surface area (Å²) in [5.74, 6) is -0.713. The van der Waals surface area contributed by atoms with Crippen molar-refractivity contribution >= 4 is 39.4 Å². The molecule has 0 aliphatic carbocycles. The molecule has 2 aromatic heterocycles. The number of amides is 1. The Balaban J connectivity index is 1.56. The highest BCUT2D eigenvalue weighted by molar-refractivity contribution is 6.31. The van der Waals surface area contributed by atoms with Gasteiger partial charge in [0.2, 0.25) is 5.91 Å². The summed E-state index contributed by atoms with van der Waals surface area (Å²) in [6.07, 6.45) is 1.43. The van der Waals surface area contributed by atoms with Gasteiger partial charge in [-0.1, -0.05) is 60.1 Å². The number of rotatable bonds is 6. The van der Waals surface area contributed by atoms with E-state index in [9.17, 15) is 14.0 Å². The van der Waals surface area contributed by atoms with E-state index in [-0.39, 0.29) is 30.1 Å². The fourth-order valence-electron chi connectivity index (χ4n) is 4.06. The van der Waals surface area contributed by atoms with Crippen molar-refractivity contribution in [2.45, 2.75) is 19.6 Å². The van der Waals surface area contributed by atoms with E-state index in [2.05, 4.69) is 10.3 Å². The quantitative estimate of drug-likeness (QED) is 0.394. The third-order valence-corrected chi connectivity index (χ3v) is 6.09. The maximum Gasteiger partial charge on any atom is 0.278 e. The normalized spacial score (nSPS) is 11.2. The highest BCUT2D eigenvalue weighted by Gasteiger charge is 2.19. The smallest absolute Gasteiger partial charge is 0.278 e. The molecule has 0 unspecified atom stereocenters. The van der Waals surface area contributed by atoms with Crippen molar-refractivity contribution < 1.29 is 9.18 Å². The molecule has 5 aromatic rings. The van der Waals surface area contributed by atoms with E-state index in [1.807, 2.05) is 48.5 Å². The van der Waals surface area contributed by atoms with Gasteiger partial charge in [0.15, 0.2) is 0 Å². The minimum absolute atomic E-state index is 0.106. The number of nitrogens with zero attached hydrogens (tertiary/aromatic N) is 3. The first-order chi connectivity index (χ1) is 16.5. The molecule has 1 N–H and O–H groups in total. The van der Waals surface area contributed by atoms with E-state index in [0.717, 1.165) is 11.1 Å². The molecule has 34 heavy (non-hydrogen) atoms. The lowest BCUT2D eigenvalue weighted by molar-refractivity contribution is -0.121. The van der Waals surface area contributed by atoms with E-state index >= 15 is 0 Å². The SMILES string of the molecule is O=C(Cn1c2ccc(F)cc2c2ncn(Cc3ccccc3Cl)c(=O)c21)NCc1ccccc1. The van der Waals surface area contributed by atoms with E-state index in [4.69, 9.17) is 11.6 Å². The molecule has 1 amide bonds. The average molecular weight is 475 g/mol. The van der Waals surface area contributed by atoms with Gasteiger partial charge in [-0.2, -0.15) is 0 Å². The first kappa shape index (κ1) is 21.9. The Bertz CT molecular complexity index is 1580. The van der Waals surface area contributed by atoms with Gasteiger partial charge >= 0.3 is 0 Å². The Kier molecular flexibility index (Phi) is 5.86. The average Bonchev–Trinajstić information content (AvgIpc) is 3.14. The molecule has 0 fully saturated rings. The lowest BCUT2D eigenvalue weighted by Crippen LogP contribution is -2.29. The highest BCUT2D eigenvalue weighted by atomic mass is 35.5. The van der Waals surface area contributed by atoms with Crippen LogP contribution in [-0.4, -0.2) is 20.0 Å². The summed E-state index contributed by atoms with van der Waals surface area (Å²) >= 11 is 6.28. The molecule has 0 saturated heterocycles. The van der Waals surface area contributed by atoms with Crippen LogP contribution in [0, 0.1) is 5.82 Å². The Morgan fingerprint density at radius 2 is 1.79 bits per heavy atom. The zero-order chi connectivity index (χ0) is 23.7. The number of carbonyl (C=O) groups is 1. The molecule has 0 spiro atoms. The summed E-state index contributed by atoms with van der Waals surface area (Å²) in [5.41, 5.74) is 2.55. The van der Waals surface area contributed by atoms with Gasteiger partial charge in [-0.3, -0.25) is 14.2 Å². The van der Waals surface area contributed by atoms with Crippen molar-refractivity contribution in [2.75, 3.05) is 0 Å². The molecule has 2 heterocycles. The van der Waals surface area contributed by atoms with Gasteiger partial charge in [0, 0.05) is 17.0 Å². The number of benzene rings is 3. The second kappa shape index (κ2) is 9.11. The van der Waals surface area contributed by atoms with Crippen LogP contribution in [0.1, 0.15) is 11.1 Å². The Morgan fingerprint density at radius 3 is 2.59 bits per heavy atom. The van der Waals surface area contributed by atoms with Gasteiger partial charge in [0.05, 0.1) is 18.4 Å². The monoisotopic (exact) mass is 474 g/mol. The summed E-state index contributed by atoms with van der Waals surface area (Å²) in [6, 6.07) is 21.0. The molecule has 0 bridgehead atoms. The molecule has 3 aromatic carbocycles. The largest absolute Gasteiger partial charge is 0.350 e. The number of halogens is 2. The third-order valence-electron chi connectivity index (χ3n) is 5.72. The number of nitrogens with one attached hydrogen (secondary N) is 1. The lowest BCUT2D eigenvalue weighted by Gasteiger charge is -2.10. The number of hydrogen-bond acceptors (Lipinski definition) is 3. The van der Waals surface area contributed by atoms with Crippen molar-refractivity contribution in [3.8, 4) is 0 Å². The lowest BCUT2D eigenvalue weighted by atomic mass is 10.2. The van der Waals surface area contributed by atoms with Crippen molar-refractivity contribution in [3.63, 3.8) is 0 Å². The summed E-state index contributed by atoms with van der Waals surface area (Å²) in [6.45, 7) is 0.476. The maximum atomic E-state index is 14.0. The van der Waals surface area contributed by atoms with Gasteiger partial charge in [0.1, 0.15) is 23.4 Å². The van der Waals surface area contributed by atoms with Crippen LogP contribution < -0.4 is 10.9 Å². The molecular weight excluding hydrogens is 455 g/mol. The second-order valence-corrected chi connectivity index (χ2v) is 8.38. The van der Waals surface area contributed by atoms with E-state index in [1.54, 1.807) is 16.7 Å². The van der Waals surface area contributed by atoms with Crippen molar-refractivity contribution in [3.05, 3.63) is 111 Å². The summed E-state index contributed by atoms with van der Waals surface area (Å²) in [7, 11) is 0. The number of carbonyl (C=O) groups excluding carboxylic acids is 1. The Labute approximate surface area is 199 Å². The van der Waals surface area contributed by atoms with Crippen LogP contribution in [0.4, 0.5) is 4.39 Å². The van der Waals surface area contributed by atoms with Gasteiger partial charge < -0.3 is 9.88 Å². The van der Waals surface area contributed by atoms with Crippen LogP contribution in [0.5, 0.6) is 0 Å². The van der Waals surface area contributed by atoms with Gasteiger partial charge in [-0.05, 0) is 35.4 Å². The van der Waals surface area contributed by atoms with Gasteiger partial charge in [-0.15, -0.1) is 0 Å². The van der Waals surface area contributed by atoms with Crippen LogP contribution in [-0.2, 0) is 24.4 Å². The Morgan fingerprint density at radius 1 is 1.03 bits per heavy atom. The molecule has 0 aliphatic rings. The van der Waals surface area contributed by atoms with Gasteiger partial charge in [0.25, 0.3) is 5.56 Å². The van der Waals surface area contributed by atoms with Crippen LogP contribution in [0.3, 0.4) is 0 Å². The molecule has 0 atom stereocenters. The highest BCUT2D eigenvalue weighted by Crippen LogP contribution is 2.26. The molecule has 8 heteroatoms. The zero-order valence-corrected chi connectivity index (χ0v) is 18.8. The summed E-state index contributed by atoms with van der Waals surface area (Å²) < 4.78 is 17.1. The first-order valence-corrected chi connectivity index (χ1v) is 11.1. The molecular formula is C26H20ClFN4O2. The van der Waals surface area contributed by atoms with Crippen LogP contribution in [0.25, 0.3) is 21.9 Å². The van der Waals surface area contributed by atoms with E-state index in [1.165, 1.54) is 23.0 Å². The van der Waals surface area contributed by atoms with Gasteiger partial charge in [-0.25, -0.2) is 9.37 Å². The number of aromatic nitrogens is 3. The van der Waals surface area contributed by atoms with E-state index < -0.39 is 5.82 Å². The van der Waals surface area contributed by atoms with Crippen LogP contribution in [0.2, 0.25) is 5.02 Å². The van der Waals surface area contributed by atoms with Crippen molar-refractivity contribution in [2.24, 2.45) is 0 Å². The van der Waals surface area contributed by atoms with Crippen LogP contribution in [0.15, 0.2) is 83.9 Å². The maximum absolute atomic E-state index is 14.0. The first-order valence-electron chi connectivity index (χ1n) is 10.7. The molecule has 0 saturated carbocycles. The molecule has 0 aliphatic heterocycles. The predicted molar refractivity (Wildman–Crippen MR) is 130 cm³/mol. The predicted octanol–water partition coefficient (Wildman–Crippen LogP) is 4.51. The standard InChI is InChI=1S/C26H20ClFN4O2/c27-21-9-5-4-8-18(21)14-31-16-30-24-20-12-19(28)10-11-22(20)32(25(24)26(31)34)15-23(33)29-13-17-6-2-1-3-7-17/h1-12,16H,13-15H2,(H,29,33). The topological polar surface area (TPSA) is 68.9 Å². The minimum atomic E-state index is -0.442. The summed E-state index contributed by atoms with van der Waals surface area (Å²) in [4.78, 5) is 30.8. The van der Waals surface area contributed by atoms with Crippen molar-refractivity contribution in [1.29, 1.82) is 0 Å². The molecule has 170 valence electrons. The molecule has 5 rings (SSSR count). The number of fused-ring (bicyclic) bond motifs is 3. The van der Waals surface area contributed by atoms with E-state index in [0.29, 0.717) is 28.0 Å². The van der Waals surface area contributed by atoms with Crippen LogP contribution >= 0.6 is 11.6 Å². The van der Waals surface area contributed by atoms with Crippen molar-refractivity contribution in [1.82, 2.24) is 19.4 Å².